The number of sulfonamides is 1. The lowest BCUT2D eigenvalue weighted by Crippen LogP contribution is -2.37. The van der Waals surface area contributed by atoms with E-state index in [9.17, 15) is 13.2 Å². The zero-order valence-corrected chi connectivity index (χ0v) is 15.9. The van der Waals surface area contributed by atoms with E-state index in [0.717, 1.165) is 24.1 Å². The van der Waals surface area contributed by atoms with Gasteiger partial charge in [-0.2, -0.15) is 4.31 Å². The first-order valence-electron chi connectivity index (χ1n) is 9.05. The maximum absolute atomic E-state index is 12.8. The van der Waals surface area contributed by atoms with Gasteiger partial charge in [0.25, 0.3) is 5.91 Å². The van der Waals surface area contributed by atoms with Gasteiger partial charge >= 0.3 is 0 Å². The molecule has 1 amide bonds. The molecule has 2 aromatic rings. The van der Waals surface area contributed by atoms with E-state index in [1.54, 1.807) is 28.6 Å². The predicted molar refractivity (Wildman–Crippen MR) is 105 cm³/mol. The van der Waals surface area contributed by atoms with Crippen molar-refractivity contribution in [3.05, 3.63) is 54.1 Å². The van der Waals surface area contributed by atoms with Gasteiger partial charge < -0.3 is 5.32 Å². The fourth-order valence-electron chi connectivity index (χ4n) is 3.41. The number of anilines is 1. The van der Waals surface area contributed by atoms with E-state index in [-0.39, 0.29) is 10.8 Å². The number of rotatable bonds is 3. The van der Waals surface area contributed by atoms with Gasteiger partial charge in [0.1, 0.15) is 5.71 Å². The Bertz CT molecular complexity index is 1010. The zero-order chi connectivity index (χ0) is 19.0. The van der Waals surface area contributed by atoms with Crippen molar-refractivity contribution in [2.45, 2.75) is 24.7 Å². The minimum atomic E-state index is -3.48. The summed E-state index contributed by atoms with van der Waals surface area (Å²) in [7, 11) is -3.48. The Balaban J connectivity index is 1.59. The summed E-state index contributed by atoms with van der Waals surface area (Å²) in [6.07, 6.45) is 1.78. The largest absolute Gasteiger partial charge is 0.320 e. The summed E-state index contributed by atoms with van der Waals surface area (Å²) in [5, 5.41) is 2.78. The monoisotopic (exact) mass is 383 g/mol. The first-order chi connectivity index (χ1) is 12.9. The summed E-state index contributed by atoms with van der Waals surface area (Å²) in [6, 6.07) is 13.8. The Kier molecular flexibility index (Phi) is 4.57. The Labute approximate surface area is 159 Å². The number of benzene rings is 2. The van der Waals surface area contributed by atoms with Crippen molar-refractivity contribution in [2.24, 2.45) is 10.9 Å². The van der Waals surface area contributed by atoms with Gasteiger partial charge in [0.05, 0.1) is 16.3 Å². The lowest BCUT2D eigenvalue weighted by atomic mass is 10.0. The van der Waals surface area contributed by atoms with Gasteiger partial charge in [-0.1, -0.05) is 25.1 Å². The molecule has 0 spiro atoms. The van der Waals surface area contributed by atoms with Crippen molar-refractivity contribution >= 4 is 33.0 Å². The second kappa shape index (κ2) is 6.90. The molecule has 4 rings (SSSR count). The molecule has 140 valence electrons. The second-order valence-corrected chi connectivity index (χ2v) is 8.98. The summed E-state index contributed by atoms with van der Waals surface area (Å²) in [5.41, 5.74) is 2.37. The lowest BCUT2D eigenvalue weighted by molar-refractivity contribution is -0.110. The van der Waals surface area contributed by atoms with Crippen molar-refractivity contribution in [2.75, 3.05) is 18.4 Å². The number of nitrogens with one attached hydrogen (secondary N) is 1. The Morgan fingerprint density at radius 1 is 1.04 bits per heavy atom. The van der Waals surface area contributed by atoms with E-state index in [2.05, 4.69) is 17.2 Å². The average Bonchev–Trinajstić information content (AvgIpc) is 2.98. The molecule has 0 saturated carbocycles. The maximum atomic E-state index is 12.8. The zero-order valence-electron chi connectivity index (χ0n) is 15.1. The van der Waals surface area contributed by atoms with E-state index in [0.29, 0.717) is 30.4 Å². The van der Waals surface area contributed by atoms with Gasteiger partial charge in [-0.05, 0) is 49.1 Å². The number of fused-ring (bicyclic) bond motifs is 1. The van der Waals surface area contributed by atoms with E-state index >= 15 is 0 Å². The first kappa shape index (κ1) is 17.9. The lowest BCUT2D eigenvalue weighted by Gasteiger charge is -2.29. The van der Waals surface area contributed by atoms with Gasteiger partial charge in [0.2, 0.25) is 10.0 Å². The number of carbonyl (C=O) groups excluding carboxylic acids is 1. The summed E-state index contributed by atoms with van der Waals surface area (Å²) >= 11 is 0. The summed E-state index contributed by atoms with van der Waals surface area (Å²) in [4.78, 5) is 16.8. The van der Waals surface area contributed by atoms with Crippen LogP contribution >= 0.6 is 0 Å². The molecule has 0 atom stereocenters. The van der Waals surface area contributed by atoms with Crippen LogP contribution in [0.4, 0.5) is 11.4 Å². The molecule has 0 radical (unpaired) electrons. The van der Waals surface area contributed by atoms with Crippen molar-refractivity contribution in [1.82, 2.24) is 4.31 Å². The molecule has 27 heavy (non-hydrogen) atoms. The number of piperidine rings is 1. The Morgan fingerprint density at radius 3 is 2.41 bits per heavy atom. The molecule has 6 nitrogen and oxygen atoms in total. The van der Waals surface area contributed by atoms with Crippen LogP contribution in [0.5, 0.6) is 0 Å². The number of carbonyl (C=O) groups is 1. The third-order valence-corrected chi connectivity index (χ3v) is 7.02. The molecular weight excluding hydrogens is 362 g/mol. The highest BCUT2D eigenvalue weighted by molar-refractivity contribution is 7.89. The Morgan fingerprint density at radius 2 is 1.70 bits per heavy atom. The molecule has 7 heteroatoms. The topological polar surface area (TPSA) is 78.8 Å². The molecule has 0 unspecified atom stereocenters. The number of para-hydroxylation sites is 1. The van der Waals surface area contributed by atoms with Crippen LogP contribution in [0, 0.1) is 5.92 Å². The number of hydrogen-bond acceptors (Lipinski definition) is 4. The smallest absolute Gasteiger partial charge is 0.275 e. The van der Waals surface area contributed by atoms with E-state index in [1.165, 1.54) is 0 Å². The molecule has 2 aliphatic rings. The predicted octanol–water partition coefficient (Wildman–Crippen LogP) is 3.18. The molecule has 0 bridgehead atoms. The number of nitrogens with zero attached hydrogens (tertiary/aromatic N) is 2. The quantitative estimate of drug-likeness (QED) is 0.884. The van der Waals surface area contributed by atoms with Gasteiger partial charge in [0, 0.05) is 18.7 Å². The highest BCUT2D eigenvalue weighted by Gasteiger charge is 2.28. The molecule has 2 aromatic carbocycles. The van der Waals surface area contributed by atoms with Crippen LogP contribution in [-0.2, 0) is 14.8 Å². The highest BCUT2D eigenvalue weighted by atomic mass is 32.2. The molecule has 0 aliphatic carbocycles. The van der Waals surface area contributed by atoms with Gasteiger partial charge in [0.15, 0.2) is 0 Å². The van der Waals surface area contributed by atoms with Gasteiger partial charge in [-0.25, -0.2) is 13.4 Å². The van der Waals surface area contributed by atoms with E-state index in [4.69, 9.17) is 0 Å². The molecule has 1 N–H and O–H groups in total. The fraction of sp³-hybridized carbons (Fsp3) is 0.300. The van der Waals surface area contributed by atoms with Crippen molar-refractivity contribution in [3.8, 4) is 0 Å². The Hall–Kier alpha value is -2.51. The van der Waals surface area contributed by atoms with Crippen LogP contribution in [0.2, 0.25) is 0 Å². The third kappa shape index (κ3) is 3.40. The van der Waals surface area contributed by atoms with Crippen molar-refractivity contribution in [1.29, 1.82) is 0 Å². The standard InChI is InChI=1S/C20H21N3O3S/c1-14-10-12-23(13-11-14)27(25,26)16-8-6-15(7-9-16)21-19-17-4-2-3-5-18(17)22-20(19)24/h2-9,14H,10-13H2,1H3,(H,21,22,24). The third-order valence-electron chi connectivity index (χ3n) is 5.10. The summed E-state index contributed by atoms with van der Waals surface area (Å²) in [5.74, 6) is 0.311. The number of amides is 1. The second-order valence-electron chi connectivity index (χ2n) is 7.04. The van der Waals surface area contributed by atoms with Crippen molar-refractivity contribution in [3.63, 3.8) is 0 Å². The van der Waals surface area contributed by atoms with Crippen LogP contribution in [0.25, 0.3) is 0 Å². The van der Waals surface area contributed by atoms with Crippen LogP contribution in [-0.4, -0.2) is 37.4 Å². The molecule has 1 saturated heterocycles. The van der Waals surface area contributed by atoms with E-state index in [1.807, 2.05) is 24.3 Å². The van der Waals surface area contributed by atoms with Crippen LogP contribution in [0.15, 0.2) is 58.4 Å². The molecular formula is C20H21N3O3S. The highest BCUT2D eigenvalue weighted by Crippen LogP contribution is 2.27. The maximum Gasteiger partial charge on any atom is 0.275 e. The van der Waals surface area contributed by atoms with Gasteiger partial charge in [-0.3, -0.25) is 4.79 Å². The van der Waals surface area contributed by atoms with Gasteiger partial charge in [-0.15, -0.1) is 0 Å². The molecule has 2 heterocycles. The normalized spacial score (nSPS) is 19.9. The SMILES string of the molecule is CC1CCN(S(=O)(=O)c2ccc(N=C3C(=O)Nc4ccccc43)cc2)CC1. The first-order valence-corrected chi connectivity index (χ1v) is 10.5. The molecule has 0 aromatic heterocycles. The van der Waals surface area contributed by atoms with E-state index < -0.39 is 10.0 Å². The summed E-state index contributed by atoms with van der Waals surface area (Å²) < 4.78 is 27.1. The van der Waals surface area contributed by atoms with Crippen LogP contribution < -0.4 is 5.32 Å². The van der Waals surface area contributed by atoms with Crippen molar-refractivity contribution < 1.29 is 13.2 Å². The minimum Gasteiger partial charge on any atom is -0.320 e. The molecule has 2 aliphatic heterocycles. The van der Waals surface area contributed by atoms with Crippen LogP contribution in [0.1, 0.15) is 25.3 Å². The number of aliphatic imine (C=N–C) groups is 1. The van der Waals surface area contributed by atoms with Crippen LogP contribution in [0.3, 0.4) is 0 Å². The number of hydrogen-bond donors (Lipinski definition) is 1. The average molecular weight is 383 g/mol. The fourth-order valence-corrected chi connectivity index (χ4v) is 4.88. The summed E-state index contributed by atoms with van der Waals surface area (Å²) in [6.45, 7) is 3.27. The minimum absolute atomic E-state index is 0.254. The molecule has 1 fully saturated rings.